The Hall–Kier alpha value is -3.22. The van der Waals surface area contributed by atoms with E-state index in [1.807, 2.05) is 5.32 Å². The molecule has 0 saturated carbocycles. The first-order valence-electron chi connectivity index (χ1n) is 6.77. The molecule has 0 bridgehead atoms. The fourth-order valence-electron chi connectivity index (χ4n) is 1.30. The highest BCUT2D eigenvalue weighted by molar-refractivity contribution is 5.82. The predicted molar refractivity (Wildman–Crippen MR) is 79.0 cm³/mol. The minimum atomic E-state index is -1.46. The lowest BCUT2D eigenvalue weighted by Gasteiger charge is -2.16. The van der Waals surface area contributed by atoms with Gasteiger partial charge in [-0.2, -0.15) is 0 Å². The molecule has 1 rings (SSSR count). The quantitative estimate of drug-likeness (QED) is 0.308. The van der Waals surface area contributed by atoms with Crippen LogP contribution in [0.25, 0.3) is 0 Å². The zero-order valence-electron chi connectivity index (χ0n) is 13.4. The second kappa shape index (κ2) is 10.5. The summed E-state index contributed by atoms with van der Waals surface area (Å²) in [5.41, 5.74) is 4.47. The summed E-state index contributed by atoms with van der Waals surface area (Å²) in [6.45, 7) is 2.31. The number of carboxylic acid groups (broad SMARTS) is 2. The Morgan fingerprint density at radius 2 is 1.72 bits per heavy atom. The number of hydrogen-bond acceptors (Lipinski definition) is 8. The number of carbonyl (C=O) groups excluding carboxylic acids is 2. The Bertz CT molecular complexity index is 610. The van der Waals surface area contributed by atoms with Gasteiger partial charge in [0.15, 0.2) is 6.04 Å². The van der Waals surface area contributed by atoms with Gasteiger partial charge in [0, 0.05) is 6.92 Å². The molecule has 0 radical (unpaired) electrons. The van der Waals surface area contributed by atoms with Crippen LogP contribution in [0.4, 0.5) is 4.79 Å². The molecule has 13 heteroatoms. The van der Waals surface area contributed by atoms with E-state index in [1.165, 1.54) is 13.8 Å². The normalized spacial score (nSPS) is 12.1. The number of carboxylic acids is 2. The molecule has 0 fully saturated rings. The Morgan fingerprint density at radius 1 is 1.20 bits per heavy atom. The van der Waals surface area contributed by atoms with Crippen LogP contribution in [-0.4, -0.2) is 61.5 Å². The van der Waals surface area contributed by atoms with Gasteiger partial charge in [0.25, 0.3) is 0 Å². The van der Waals surface area contributed by atoms with Gasteiger partial charge in [-0.05, 0) is 6.92 Å². The molecule has 2 unspecified atom stereocenters. The molecule has 140 valence electrons. The summed E-state index contributed by atoms with van der Waals surface area (Å²) in [7, 11) is 0. The summed E-state index contributed by atoms with van der Waals surface area (Å²) < 4.78 is 4.93. The molecule has 0 aliphatic heterocycles. The van der Waals surface area contributed by atoms with Gasteiger partial charge < -0.3 is 36.1 Å². The largest absolute Gasteiger partial charge is 0.481 e. The number of nitrogens with one attached hydrogen (secondary N) is 2. The van der Waals surface area contributed by atoms with E-state index in [2.05, 4.69) is 21.2 Å². The molecule has 13 nitrogen and oxygen atoms in total. The Labute approximate surface area is 141 Å². The Morgan fingerprint density at radius 3 is 2.16 bits per heavy atom. The molecular formula is C12H19N5O8. The number of aliphatic carboxylic acids is 2. The van der Waals surface area contributed by atoms with Crippen LogP contribution < -0.4 is 16.4 Å². The summed E-state index contributed by atoms with van der Waals surface area (Å²) >= 11 is 0. The first-order valence-corrected chi connectivity index (χ1v) is 6.77. The molecule has 0 aliphatic rings. The van der Waals surface area contributed by atoms with Crippen LogP contribution in [0.5, 0.6) is 0 Å². The summed E-state index contributed by atoms with van der Waals surface area (Å²) in [5, 5.41) is 37.7. The number of aliphatic hydroxyl groups excluding tert-OH is 1. The van der Waals surface area contributed by atoms with Crippen molar-refractivity contribution in [2.75, 3.05) is 0 Å². The fourth-order valence-corrected chi connectivity index (χ4v) is 1.30. The van der Waals surface area contributed by atoms with Gasteiger partial charge >= 0.3 is 18.0 Å². The van der Waals surface area contributed by atoms with E-state index in [0.717, 1.165) is 0 Å². The average molecular weight is 361 g/mol. The number of aromatic nitrogens is 2. The molecule has 0 saturated heterocycles. The molecule has 0 spiro atoms. The van der Waals surface area contributed by atoms with E-state index in [4.69, 9.17) is 14.6 Å². The first kappa shape index (κ1) is 21.8. The zero-order chi connectivity index (χ0) is 19.6. The van der Waals surface area contributed by atoms with Crippen LogP contribution >= 0.6 is 0 Å². The summed E-state index contributed by atoms with van der Waals surface area (Å²) in [6.07, 6.45) is -1.72. The number of urea groups is 1. The van der Waals surface area contributed by atoms with Gasteiger partial charge in [0.05, 0.1) is 12.6 Å². The van der Waals surface area contributed by atoms with Crippen molar-refractivity contribution in [2.45, 2.75) is 39.0 Å². The maximum absolute atomic E-state index is 11.4. The smallest absolute Gasteiger partial charge is 0.328 e. The van der Waals surface area contributed by atoms with Crippen molar-refractivity contribution in [2.24, 2.45) is 5.73 Å². The molecule has 0 aromatic carbocycles. The van der Waals surface area contributed by atoms with E-state index in [9.17, 15) is 24.3 Å². The Balaban J connectivity index is 0.00000129. The first-order chi connectivity index (χ1) is 11.5. The van der Waals surface area contributed by atoms with E-state index >= 15 is 0 Å². The van der Waals surface area contributed by atoms with E-state index in [1.54, 1.807) is 0 Å². The minimum Gasteiger partial charge on any atom is -0.481 e. The van der Waals surface area contributed by atoms with E-state index in [-0.39, 0.29) is 24.2 Å². The minimum absolute atomic E-state index is 0.0367. The number of carbonyl (C=O) groups is 4. The number of amides is 3. The SMILES string of the molecule is CC(N)=O.CC(O)C(NC(=O)NCc1nnc(CC(=O)O)o1)C(=O)O. The molecule has 1 aromatic rings. The highest BCUT2D eigenvalue weighted by atomic mass is 16.4. The van der Waals surface area contributed by atoms with Crippen molar-refractivity contribution in [3.63, 3.8) is 0 Å². The molecule has 25 heavy (non-hydrogen) atoms. The lowest BCUT2D eigenvalue weighted by Crippen LogP contribution is -2.51. The number of aliphatic hydroxyl groups is 1. The molecule has 1 heterocycles. The molecule has 0 aliphatic carbocycles. The van der Waals surface area contributed by atoms with Crippen LogP contribution in [0, 0.1) is 0 Å². The third-order valence-electron chi connectivity index (χ3n) is 2.25. The van der Waals surface area contributed by atoms with Gasteiger partial charge in [-0.1, -0.05) is 0 Å². The lowest BCUT2D eigenvalue weighted by atomic mass is 10.2. The molecule has 1 aromatic heterocycles. The monoisotopic (exact) mass is 361 g/mol. The van der Waals surface area contributed by atoms with Crippen molar-refractivity contribution >= 4 is 23.9 Å². The third kappa shape index (κ3) is 10.2. The van der Waals surface area contributed by atoms with E-state index in [0.29, 0.717) is 0 Å². The van der Waals surface area contributed by atoms with Crippen LogP contribution in [0.1, 0.15) is 25.6 Å². The number of nitrogens with two attached hydrogens (primary N) is 1. The van der Waals surface area contributed by atoms with Crippen molar-refractivity contribution < 1.29 is 38.9 Å². The van der Waals surface area contributed by atoms with Crippen LogP contribution in [-0.2, 0) is 27.3 Å². The number of rotatable bonds is 7. The second-order valence-corrected chi connectivity index (χ2v) is 4.65. The van der Waals surface area contributed by atoms with Crippen molar-refractivity contribution in [1.29, 1.82) is 0 Å². The fraction of sp³-hybridized carbons (Fsp3) is 0.500. The highest BCUT2D eigenvalue weighted by Gasteiger charge is 2.25. The maximum atomic E-state index is 11.4. The van der Waals surface area contributed by atoms with Gasteiger partial charge in [-0.25, -0.2) is 9.59 Å². The number of hydrogen-bond donors (Lipinski definition) is 6. The van der Waals surface area contributed by atoms with Gasteiger partial charge in [-0.15, -0.1) is 10.2 Å². The van der Waals surface area contributed by atoms with Crippen molar-refractivity contribution in [1.82, 2.24) is 20.8 Å². The van der Waals surface area contributed by atoms with Gasteiger partial charge in [-0.3, -0.25) is 9.59 Å². The average Bonchev–Trinajstić information content (AvgIpc) is 2.88. The van der Waals surface area contributed by atoms with Crippen molar-refractivity contribution in [3.05, 3.63) is 11.8 Å². The topological polar surface area (TPSA) is 218 Å². The standard InChI is InChI=1S/C10H14N4O7.C2H5NO/c1-4(15)8(9(18)19)12-10(20)11-3-6-14-13-5(21-6)2-7(16)17;1-2(3)4/h4,8,15H,2-3H2,1H3,(H,16,17)(H,18,19)(H2,11,12,20);1H3,(H2,3,4). The molecule has 3 amide bonds. The van der Waals surface area contributed by atoms with Gasteiger partial charge in [0.2, 0.25) is 17.7 Å². The molecule has 7 N–H and O–H groups in total. The Kier molecular flexibility index (Phi) is 9.18. The van der Waals surface area contributed by atoms with Crippen LogP contribution in [0.2, 0.25) is 0 Å². The predicted octanol–water partition coefficient (Wildman–Crippen LogP) is -2.18. The second-order valence-electron chi connectivity index (χ2n) is 4.65. The molecule has 2 atom stereocenters. The third-order valence-corrected chi connectivity index (χ3v) is 2.25. The summed E-state index contributed by atoms with van der Waals surface area (Å²) in [6, 6.07) is -2.32. The van der Waals surface area contributed by atoms with Crippen LogP contribution in [0.15, 0.2) is 4.42 Å². The number of primary amides is 1. The zero-order valence-corrected chi connectivity index (χ0v) is 13.4. The molecular weight excluding hydrogens is 342 g/mol. The van der Waals surface area contributed by atoms with Gasteiger partial charge in [0.1, 0.15) is 6.42 Å². The summed E-state index contributed by atoms with van der Waals surface area (Å²) in [5.74, 6) is -3.02. The van der Waals surface area contributed by atoms with E-state index < -0.39 is 36.5 Å². The van der Waals surface area contributed by atoms with Crippen molar-refractivity contribution in [3.8, 4) is 0 Å². The number of nitrogens with zero attached hydrogens (tertiary/aromatic N) is 2. The van der Waals surface area contributed by atoms with Crippen LogP contribution in [0.3, 0.4) is 0 Å². The lowest BCUT2D eigenvalue weighted by molar-refractivity contribution is -0.142. The highest BCUT2D eigenvalue weighted by Crippen LogP contribution is 2.00. The maximum Gasteiger partial charge on any atom is 0.328 e. The summed E-state index contributed by atoms with van der Waals surface area (Å²) in [4.78, 5) is 41.8.